The molecule has 1 heterocycles. The second-order valence-corrected chi connectivity index (χ2v) is 9.22. The Labute approximate surface area is 195 Å². The van der Waals surface area contributed by atoms with Crippen molar-refractivity contribution in [2.75, 3.05) is 11.4 Å². The van der Waals surface area contributed by atoms with E-state index < -0.39 is 6.04 Å². The second kappa shape index (κ2) is 10.3. The van der Waals surface area contributed by atoms with Crippen LogP contribution in [0.25, 0.3) is 0 Å². The molecule has 0 bridgehead atoms. The molecule has 168 valence electrons. The van der Waals surface area contributed by atoms with Crippen LogP contribution in [0.5, 0.6) is 0 Å². The van der Waals surface area contributed by atoms with Gasteiger partial charge < -0.3 is 10.2 Å². The Morgan fingerprint density at radius 1 is 1.03 bits per heavy atom. The molecule has 4 rings (SSSR count). The van der Waals surface area contributed by atoms with E-state index in [2.05, 4.69) is 17.4 Å². The number of rotatable bonds is 6. The molecule has 2 aromatic rings. The van der Waals surface area contributed by atoms with Gasteiger partial charge in [0.1, 0.15) is 6.04 Å². The molecule has 0 spiro atoms. The number of benzene rings is 2. The zero-order valence-corrected chi connectivity index (χ0v) is 19.4. The summed E-state index contributed by atoms with van der Waals surface area (Å²) < 4.78 is 0. The van der Waals surface area contributed by atoms with Gasteiger partial charge in [-0.25, -0.2) is 4.90 Å². The normalized spacial score (nSPS) is 19.3. The Kier molecular flexibility index (Phi) is 7.20. The third-order valence-corrected chi connectivity index (χ3v) is 6.82. The lowest BCUT2D eigenvalue weighted by Gasteiger charge is -2.33. The largest absolute Gasteiger partial charge is 0.360 e. The van der Waals surface area contributed by atoms with E-state index in [1.807, 2.05) is 54.3 Å². The summed E-state index contributed by atoms with van der Waals surface area (Å²) in [7, 11) is 0. The third kappa shape index (κ3) is 5.18. The van der Waals surface area contributed by atoms with Crippen molar-refractivity contribution >= 4 is 34.8 Å². The number of nitrogens with one attached hydrogen (secondary N) is 1. The molecule has 0 aromatic heterocycles. The number of hydrogen-bond acceptors (Lipinski definition) is 3. The van der Waals surface area contributed by atoms with Crippen LogP contribution in [-0.4, -0.2) is 40.5 Å². The Morgan fingerprint density at radius 2 is 1.72 bits per heavy atom. The topological polar surface area (TPSA) is 52.7 Å². The van der Waals surface area contributed by atoms with Gasteiger partial charge in [0.15, 0.2) is 5.11 Å². The zero-order valence-electron chi connectivity index (χ0n) is 18.6. The van der Waals surface area contributed by atoms with E-state index in [0.717, 1.165) is 24.8 Å². The minimum absolute atomic E-state index is 0.147. The fraction of sp³-hybridized carbons (Fsp3) is 0.423. The van der Waals surface area contributed by atoms with Crippen LogP contribution in [0.15, 0.2) is 54.6 Å². The first-order chi connectivity index (χ1) is 15.5. The smallest absolute Gasteiger partial charge is 0.257 e. The Morgan fingerprint density at radius 3 is 2.41 bits per heavy atom. The number of hydrogen-bond donors (Lipinski definition) is 1. The fourth-order valence-electron chi connectivity index (χ4n) is 4.62. The molecule has 0 radical (unpaired) electrons. The van der Waals surface area contributed by atoms with Crippen LogP contribution in [0.1, 0.15) is 49.7 Å². The van der Waals surface area contributed by atoms with Gasteiger partial charge in [-0.2, -0.15) is 0 Å². The predicted molar refractivity (Wildman–Crippen MR) is 132 cm³/mol. The summed E-state index contributed by atoms with van der Waals surface area (Å²) in [6.07, 6.45) is 6.77. The maximum atomic E-state index is 13.4. The Hall–Kier alpha value is -2.73. The van der Waals surface area contributed by atoms with Crippen molar-refractivity contribution in [2.24, 2.45) is 0 Å². The summed E-state index contributed by atoms with van der Waals surface area (Å²) in [6, 6.07) is 17.5. The molecule has 5 nitrogen and oxygen atoms in total. The zero-order chi connectivity index (χ0) is 22.5. The molecular formula is C26H31N3O2S. The van der Waals surface area contributed by atoms with E-state index in [-0.39, 0.29) is 18.2 Å². The van der Waals surface area contributed by atoms with Crippen molar-refractivity contribution in [1.82, 2.24) is 10.2 Å². The molecule has 1 saturated carbocycles. The van der Waals surface area contributed by atoms with Gasteiger partial charge in [-0.05, 0) is 56.1 Å². The second-order valence-electron chi connectivity index (χ2n) is 8.84. The first-order valence-corrected chi connectivity index (χ1v) is 12.0. The number of anilines is 1. The van der Waals surface area contributed by atoms with Crippen LogP contribution in [0.4, 0.5) is 5.69 Å². The molecule has 32 heavy (non-hydrogen) atoms. The molecule has 1 saturated heterocycles. The van der Waals surface area contributed by atoms with Crippen LogP contribution in [0, 0.1) is 6.92 Å². The highest BCUT2D eigenvalue weighted by atomic mass is 32.1. The number of carbonyl (C=O) groups excluding carboxylic acids is 2. The molecule has 1 unspecified atom stereocenters. The van der Waals surface area contributed by atoms with E-state index in [9.17, 15) is 9.59 Å². The summed E-state index contributed by atoms with van der Waals surface area (Å²) in [5, 5.41) is 4.09. The standard InChI is InChI=1S/C26H31N3O2S/c1-19-12-14-22(15-13-19)29-24(30)18-23(25(29)31)28(17-16-20-8-4-2-5-9-20)26(32)27-21-10-6-3-7-11-21/h2,4-5,8-9,12-15,21,23H,3,6-7,10-11,16-18H2,1H3,(H,27,32). The third-order valence-electron chi connectivity index (χ3n) is 6.47. The summed E-state index contributed by atoms with van der Waals surface area (Å²) in [5.74, 6) is -0.367. The number of aryl methyl sites for hydroxylation is 1. The monoisotopic (exact) mass is 449 g/mol. The molecule has 1 N–H and O–H groups in total. The van der Waals surface area contributed by atoms with Crippen molar-refractivity contribution in [3.8, 4) is 0 Å². The number of carbonyl (C=O) groups is 2. The maximum Gasteiger partial charge on any atom is 0.257 e. The lowest BCUT2D eigenvalue weighted by atomic mass is 9.96. The quantitative estimate of drug-likeness (QED) is 0.524. The lowest BCUT2D eigenvalue weighted by Crippen LogP contribution is -2.52. The van der Waals surface area contributed by atoms with Gasteiger partial charge in [-0.15, -0.1) is 0 Å². The number of thiocarbonyl (C=S) groups is 1. The molecule has 2 fully saturated rings. The average Bonchev–Trinajstić information content (AvgIpc) is 3.09. The molecule has 1 aliphatic carbocycles. The molecular weight excluding hydrogens is 418 g/mol. The summed E-state index contributed by atoms with van der Waals surface area (Å²) >= 11 is 5.81. The van der Waals surface area contributed by atoms with Crippen LogP contribution in [0.3, 0.4) is 0 Å². The Balaban J connectivity index is 1.53. The summed E-state index contributed by atoms with van der Waals surface area (Å²) in [4.78, 5) is 29.6. The highest BCUT2D eigenvalue weighted by Gasteiger charge is 2.43. The predicted octanol–water partition coefficient (Wildman–Crippen LogP) is 4.38. The molecule has 1 atom stereocenters. The molecule has 2 aromatic carbocycles. The molecule has 2 amide bonds. The molecule has 1 aliphatic heterocycles. The average molecular weight is 450 g/mol. The number of amides is 2. The fourth-order valence-corrected chi connectivity index (χ4v) is 5.01. The van der Waals surface area contributed by atoms with Crippen LogP contribution in [0.2, 0.25) is 0 Å². The van der Waals surface area contributed by atoms with E-state index in [1.54, 1.807) is 0 Å². The lowest BCUT2D eigenvalue weighted by molar-refractivity contribution is -0.122. The van der Waals surface area contributed by atoms with Gasteiger partial charge in [-0.3, -0.25) is 9.59 Å². The summed E-state index contributed by atoms with van der Waals surface area (Å²) in [5.41, 5.74) is 2.90. The van der Waals surface area contributed by atoms with Gasteiger partial charge in [0, 0.05) is 12.6 Å². The molecule has 6 heteroatoms. The van der Waals surface area contributed by atoms with Crippen LogP contribution < -0.4 is 10.2 Å². The van der Waals surface area contributed by atoms with Crippen molar-refractivity contribution in [1.29, 1.82) is 0 Å². The van der Waals surface area contributed by atoms with Crippen molar-refractivity contribution < 1.29 is 9.59 Å². The van der Waals surface area contributed by atoms with E-state index in [4.69, 9.17) is 12.2 Å². The highest BCUT2D eigenvalue weighted by molar-refractivity contribution is 7.80. The Bertz CT molecular complexity index is 955. The van der Waals surface area contributed by atoms with E-state index in [0.29, 0.717) is 23.4 Å². The number of imide groups is 1. The van der Waals surface area contributed by atoms with Crippen molar-refractivity contribution in [3.05, 3.63) is 65.7 Å². The van der Waals surface area contributed by atoms with Gasteiger partial charge in [0.05, 0.1) is 12.1 Å². The van der Waals surface area contributed by atoms with Crippen LogP contribution in [-0.2, 0) is 16.0 Å². The van der Waals surface area contributed by atoms with Crippen LogP contribution >= 0.6 is 12.2 Å². The minimum atomic E-state index is -0.573. The number of nitrogens with zero attached hydrogens (tertiary/aromatic N) is 2. The minimum Gasteiger partial charge on any atom is -0.360 e. The van der Waals surface area contributed by atoms with E-state index >= 15 is 0 Å². The van der Waals surface area contributed by atoms with Crippen molar-refractivity contribution in [3.63, 3.8) is 0 Å². The maximum absolute atomic E-state index is 13.4. The van der Waals surface area contributed by atoms with E-state index in [1.165, 1.54) is 29.7 Å². The molecule has 2 aliphatic rings. The van der Waals surface area contributed by atoms with Gasteiger partial charge in [0.2, 0.25) is 5.91 Å². The van der Waals surface area contributed by atoms with Gasteiger partial charge in [0.25, 0.3) is 5.91 Å². The summed E-state index contributed by atoms with van der Waals surface area (Å²) in [6.45, 7) is 2.58. The first-order valence-electron chi connectivity index (χ1n) is 11.6. The highest BCUT2D eigenvalue weighted by Crippen LogP contribution is 2.27. The first kappa shape index (κ1) is 22.5. The van der Waals surface area contributed by atoms with Gasteiger partial charge in [-0.1, -0.05) is 67.3 Å². The SMILES string of the molecule is Cc1ccc(N2C(=O)CC(N(CCc3ccccc3)C(=S)NC3CCCCC3)C2=O)cc1. The van der Waals surface area contributed by atoms with Gasteiger partial charge >= 0.3 is 0 Å². The van der Waals surface area contributed by atoms with Crippen molar-refractivity contribution in [2.45, 2.75) is 64.0 Å².